The lowest BCUT2D eigenvalue weighted by molar-refractivity contribution is 0.344. The number of hydrogen-bond donors (Lipinski definition) is 2. The van der Waals surface area contributed by atoms with Gasteiger partial charge in [-0.1, -0.05) is 26.0 Å². The predicted molar refractivity (Wildman–Crippen MR) is 83.0 cm³/mol. The maximum Gasteiger partial charge on any atom is 0.241 e. The van der Waals surface area contributed by atoms with Crippen LogP contribution in [0.5, 0.6) is 0 Å². The molecule has 21 heavy (non-hydrogen) atoms. The fourth-order valence-electron chi connectivity index (χ4n) is 2.33. The Labute approximate surface area is 127 Å². The summed E-state index contributed by atoms with van der Waals surface area (Å²) in [5, 5.41) is 8.62. The van der Waals surface area contributed by atoms with E-state index in [0.717, 1.165) is 5.56 Å². The van der Waals surface area contributed by atoms with Crippen LogP contribution in [-0.2, 0) is 16.4 Å². The highest BCUT2D eigenvalue weighted by Gasteiger charge is 2.30. The Bertz CT molecular complexity index is 603. The van der Waals surface area contributed by atoms with Gasteiger partial charge in [0.1, 0.15) is 0 Å². The van der Waals surface area contributed by atoms with Crippen molar-refractivity contribution in [2.24, 2.45) is 11.7 Å². The molecule has 0 spiro atoms. The first-order valence-corrected chi connectivity index (χ1v) is 8.41. The third-order valence-corrected chi connectivity index (χ3v) is 4.86. The smallest absolute Gasteiger partial charge is 0.241 e. The van der Waals surface area contributed by atoms with Gasteiger partial charge in [-0.3, -0.25) is 0 Å². The molecule has 0 amide bonds. The third kappa shape index (κ3) is 5.12. The summed E-state index contributed by atoms with van der Waals surface area (Å²) in [6.45, 7) is 6.10. The average molecular weight is 309 g/mol. The van der Waals surface area contributed by atoms with Crippen molar-refractivity contribution in [2.75, 3.05) is 6.54 Å². The molecule has 1 aromatic carbocycles. The van der Waals surface area contributed by atoms with E-state index in [1.807, 2.05) is 26.8 Å². The Balaban J connectivity index is 2.97. The van der Waals surface area contributed by atoms with Crippen molar-refractivity contribution in [1.29, 1.82) is 5.26 Å². The maximum atomic E-state index is 12.4. The van der Waals surface area contributed by atoms with Gasteiger partial charge in [0, 0.05) is 12.1 Å². The van der Waals surface area contributed by atoms with Gasteiger partial charge in [0.15, 0.2) is 0 Å². The second-order valence-corrected chi connectivity index (χ2v) is 7.63. The molecule has 5 nitrogen and oxygen atoms in total. The van der Waals surface area contributed by atoms with E-state index in [0.29, 0.717) is 12.3 Å². The van der Waals surface area contributed by atoms with Crippen LogP contribution in [0.15, 0.2) is 29.2 Å². The van der Waals surface area contributed by atoms with Crippen LogP contribution in [0.3, 0.4) is 0 Å². The average Bonchev–Trinajstić information content (AvgIpc) is 2.38. The summed E-state index contributed by atoms with van der Waals surface area (Å²) < 4.78 is 27.6. The molecule has 0 aliphatic carbocycles. The van der Waals surface area contributed by atoms with E-state index in [2.05, 4.69) is 4.72 Å². The molecule has 0 aromatic heterocycles. The first kappa shape index (κ1) is 17.6. The van der Waals surface area contributed by atoms with Gasteiger partial charge < -0.3 is 5.73 Å². The van der Waals surface area contributed by atoms with Gasteiger partial charge in [-0.15, -0.1) is 0 Å². The lowest BCUT2D eigenvalue weighted by Gasteiger charge is -2.30. The number of hydrogen-bond acceptors (Lipinski definition) is 4. The monoisotopic (exact) mass is 309 g/mol. The highest BCUT2D eigenvalue weighted by atomic mass is 32.2. The van der Waals surface area contributed by atoms with E-state index in [1.54, 1.807) is 12.1 Å². The SMILES string of the molecule is CC(C)CC(C)(CN)NS(=O)(=O)c1ccc(CC#N)cc1. The zero-order valence-corrected chi connectivity index (χ0v) is 13.6. The molecule has 3 N–H and O–H groups in total. The van der Waals surface area contributed by atoms with E-state index in [4.69, 9.17) is 11.0 Å². The zero-order valence-electron chi connectivity index (χ0n) is 12.8. The summed E-state index contributed by atoms with van der Waals surface area (Å²) in [5.74, 6) is 0.333. The van der Waals surface area contributed by atoms with Crippen molar-refractivity contribution in [1.82, 2.24) is 4.72 Å². The Hall–Kier alpha value is -1.42. The van der Waals surface area contributed by atoms with Crippen LogP contribution in [0.1, 0.15) is 32.8 Å². The number of nitrogens with one attached hydrogen (secondary N) is 1. The summed E-state index contributed by atoms with van der Waals surface area (Å²) >= 11 is 0. The fourth-order valence-corrected chi connectivity index (χ4v) is 3.76. The van der Waals surface area contributed by atoms with Gasteiger partial charge in [-0.25, -0.2) is 13.1 Å². The van der Waals surface area contributed by atoms with Crippen LogP contribution in [0.4, 0.5) is 0 Å². The molecule has 0 aliphatic rings. The standard InChI is InChI=1S/C15H23N3O2S/c1-12(2)10-15(3,11-17)18-21(19,20)14-6-4-13(5-7-14)8-9-16/h4-7,12,18H,8,10-11,17H2,1-3H3. The molecule has 1 rings (SSSR count). The number of rotatable bonds is 7. The van der Waals surface area contributed by atoms with E-state index >= 15 is 0 Å². The van der Waals surface area contributed by atoms with Gasteiger partial charge in [-0.2, -0.15) is 5.26 Å². The lowest BCUT2D eigenvalue weighted by atomic mass is 9.92. The molecule has 1 unspecified atom stereocenters. The van der Waals surface area contributed by atoms with Crippen LogP contribution in [0, 0.1) is 17.2 Å². The van der Waals surface area contributed by atoms with Gasteiger partial charge >= 0.3 is 0 Å². The van der Waals surface area contributed by atoms with Gasteiger partial charge in [-0.05, 0) is 37.0 Å². The second kappa shape index (κ2) is 7.03. The van der Waals surface area contributed by atoms with Gasteiger partial charge in [0.05, 0.1) is 17.4 Å². The summed E-state index contributed by atoms with van der Waals surface area (Å²) in [4.78, 5) is 0.188. The van der Waals surface area contributed by atoms with E-state index < -0.39 is 15.6 Å². The molecule has 0 radical (unpaired) electrons. The van der Waals surface area contributed by atoms with Crippen LogP contribution < -0.4 is 10.5 Å². The minimum atomic E-state index is -3.62. The minimum absolute atomic E-state index is 0.188. The van der Waals surface area contributed by atoms with Crippen molar-refractivity contribution in [3.05, 3.63) is 29.8 Å². The molecule has 0 fully saturated rings. The zero-order chi connectivity index (χ0) is 16.1. The predicted octanol–water partition coefficient (Wildman–Crippen LogP) is 1.79. The van der Waals surface area contributed by atoms with E-state index in [9.17, 15) is 8.42 Å². The van der Waals surface area contributed by atoms with Crippen LogP contribution in [-0.4, -0.2) is 20.5 Å². The van der Waals surface area contributed by atoms with E-state index in [-0.39, 0.29) is 17.9 Å². The van der Waals surface area contributed by atoms with Gasteiger partial charge in [0.25, 0.3) is 0 Å². The number of nitriles is 1. The first-order chi connectivity index (χ1) is 9.72. The van der Waals surface area contributed by atoms with Crippen molar-refractivity contribution < 1.29 is 8.42 Å². The fraction of sp³-hybridized carbons (Fsp3) is 0.533. The van der Waals surface area contributed by atoms with Crippen molar-refractivity contribution in [3.63, 3.8) is 0 Å². The van der Waals surface area contributed by atoms with Crippen molar-refractivity contribution in [2.45, 2.75) is 44.0 Å². The Morgan fingerprint density at radius 1 is 1.33 bits per heavy atom. The molecule has 116 valence electrons. The number of sulfonamides is 1. The highest BCUT2D eigenvalue weighted by molar-refractivity contribution is 7.89. The van der Waals surface area contributed by atoms with Crippen LogP contribution in [0.2, 0.25) is 0 Å². The van der Waals surface area contributed by atoms with Crippen molar-refractivity contribution in [3.8, 4) is 6.07 Å². The molecular formula is C15H23N3O2S. The molecule has 0 aliphatic heterocycles. The summed E-state index contributed by atoms with van der Waals surface area (Å²) in [6, 6.07) is 8.37. The number of nitrogens with zero attached hydrogens (tertiary/aromatic N) is 1. The summed E-state index contributed by atoms with van der Waals surface area (Å²) in [6.07, 6.45) is 0.927. The normalized spacial score (nSPS) is 14.7. The van der Waals surface area contributed by atoms with Crippen LogP contribution in [0.25, 0.3) is 0 Å². The number of benzene rings is 1. The third-order valence-electron chi connectivity index (χ3n) is 3.21. The molecule has 0 saturated carbocycles. The minimum Gasteiger partial charge on any atom is -0.329 e. The summed E-state index contributed by atoms with van der Waals surface area (Å²) in [7, 11) is -3.62. The molecule has 0 bridgehead atoms. The topological polar surface area (TPSA) is 96.0 Å². The molecule has 0 heterocycles. The number of nitrogens with two attached hydrogens (primary N) is 1. The summed E-state index contributed by atoms with van der Waals surface area (Å²) in [5.41, 5.74) is 5.86. The largest absolute Gasteiger partial charge is 0.329 e. The quantitative estimate of drug-likeness (QED) is 0.802. The molecule has 0 saturated heterocycles. The molecule has 6 heteroatoms. The van der Waals surface area contributed by atoms with Crippen LogP contribution >= 0.6 is 0 Å². The lowest BCUT2D eigenvalue weighted by Crippen LogP contribution is -2.51. The van der Waals surface area contributed by atoms with Gasteiger partial charge in [0.2, 0.25) is 10.0 Å². The molecule has 1 atom stereocenters. The second-order valence-electron chi connectivity index (χ2n) is 5.95. The Morgan fingerprint density at radius 2 is 1.90 bits per heavy atom. The maximum absolute atomic E-state index is 12.4. The highest BCUT2D eigenvalue weighted by Crippen LogP contribution is 2.19. The van der Waals surface area contributed by atoms with E-state index in [1.165, 1.54) is 12.1 Å². The Morgan fingerprint density at radius 3 is 2.33 bits per heavy atom. The van der Waals surface area contributed by atoms with Crippen molar-refractivity contribution >= 4 is 10.0 Å². The molecule has 1 aromatic rings. The molecular weight excluding hydrogens is 286 g/mol. The first-order valence-electron chi connectivity index (χ1n) is 6.92. The Kier molecular flexibility index (Phi) is 5.90.